The predicted molar refractivity (Wildman–Crippen MR) is 80.9 cm³/mol. The van der Waals surface area contributed by atoms with Crippen molar-refractivity contribution in [3.63, 3.8) is 0 Å². The molecule has 2 aliphatic rings. The Hall–Kier alpha value is -0.980. The Morgan fingerprint density at radius 3 is 3.14 bits per heavy atom. The van der Waals surface area contributed by atoms with Gasteiger partial charge in [-0.15, -0.1) is 5.10 Å². The molecule has 21 heavy (non-hydrogen) atoms. The molecule has 2 aliphatic heterocycles. The van der Waals surface area contributed by atoms with Crippen molar-refractivity contribution < 1.29 is 4.74 Å². The number of nitrogens with zero attached hydrogens (tertiary/aromatic N) is 4. The van der Waals surface area contributed by atoms with E-state index in [1.807, 2.05) is 4.68 Å². The zero-order valence-electron chi connectivity index (χ0n) is 13.2. The normalized spacial score (nSPS) is 26.9. The molecule has 0 saturated carbocycles. The van der Waals surface area contributed by atoms with E-state index in [0.29, 0.717) is 5.92 Å². The SMILES string of the molecule is CC1(C)CN(Cc2cn(C[C@@H]3CCCNC3)nn2)CCO1. The number of rotatable bonds is 4. The Labute approximate surface area is 126 Å². The van der Waals surface area contributed by atoms with Gasteiger partial charge in [-0.1, -0.05) is 5.21 Å². The molecule has 1 atom stereocenters. The molecule has 2 fully saturated rings. The highest BCUT2D eigenvalue weighted by Crippen LogP contribution is 2.18. The van der Waals surface area contributed by atoms with Crippen molar-refractivity contribution in [2.24, 2.45) is 5.92 Å². The third kappa shape index (κ3) is 4.25. The largest absolute Gasteiger partial charge is 0.373 e. The first-order valence-electron chi connectivity index (χ1n) is 8.07. The van der Waals surface area contributed by atoms with E-state index in [9.17, 15) is 0 Å². The number of hydrogen-bond acceptors (Lipinski definition) is 5. The van der Waals surface area contributed by atoms with E-state index < -0.39 is 0 Å². The summed E-state index contributed by atoms with van der Waals surface area (Å²) in [6.07, 6.45) is 4.67. The van der Waals surface area contributed by atoms with Crippen LogP contribution >= 0.6 is 0 Å². The summed E-state index contributed by atoms with van der Waals surface area (Å²) in [5, 5.41) is 12.1. The van der Waals surface area contributed by atoms with Gasteiger partial charge in [-0.2, -0.15) is 0 Å². The Morgan fingerprint density at radius 2 is 2.38 bits per heavy atom. The predicted octanol–water partition coefficient (Wildman–Crippen LogP) is 0.889. The summed E-state index contributed by atoms with van der Waals surface area (Å²) in [5.41, 5.74) is 1.01. The molecule has 1 N–H and O–H groups in total. The number of ether oxygens (including phenoxy) is 1. The summed E-state index contributed by atoms with van der Waals surface area (Å²) in [6.45, 7) is 11.1. The van der Waals surface area contributed by atoms with Gasteiger partial charge in [0.25, 0.3) is 0 Å². The van der Waals surface area contributed by atoms with E-state index in [0.717, 1.165) is 51.6 Å². The summed E-state index contributed by atoms with van der Waals surface area (Å²) in [6, 6.07) is 0. The minimum atomic E-state index is -0.0536. The van der Waals surface area contributed by atoms with Crippen LogP contribution in [-0.2, 0) is 17.8 Å². The second-order valence-electron chi connectivity index (χ2n) is 6.96. The lowest BCUT2D eigenvalue weighted by Crippen LogP contribution is -2.47. The molecule has 0 spiro atoms. The van der Waals surface area contributed by atoms with Crippen LogP contribution in [0.2, 0.25) is 0 Å². The van der Waals surface area contributed by atoms with Crippen LogP contribution in [-0.4, -0.2) is 58.3 Å². The van der Waals surface area contributed by atoms with E-state index in [2.05, 4.69) is 40.6 Å². The molecule has 6 nitrogen and oxygen atoms in total. The van der Waals surface area contributed by atoms with Crippen LogP contribution in [0, 0.1) is 5.92 Å². The lowest BCUT2D eigenvalue weighted by molar-refractivity contribution is -0.0885. The lowest BCUT2D eigenvalue weighted by atomic mass is 10.00. The lowest BCUT2D eigenvalue weighted by Gasteiger charge is -2.37. The number of aromatic nitrogens is 3. The van der Waals surface area contributed by atoms with Crippen molar-refractivity contribution in [1.82, 2.24) is 25.2 Å². The highest BCUT2D eigenvalue weighted by atomic mass is 16.5. The molecule has 3 heterocycles. The maximum Gasteiger partial charge on any atom is 0.0967 e. The molecular weight excluding hydrogens is 266 g/mol. The molecule has 0 unspecified atom stereocenters. The Balaban J connectivity index is 1.52. The van der Waals surface area contributed by atoms with E-state index in [1.54, 1.807) is 0 Å². The summed E-state index contributed by atoms with van der Waals surface area (Å²) >= 11 is 0. The molecule has 1 aromatic rings. The van der Waals surface area contributed by atoms with Crippen LogP contribution in [0.25, 0.3) is 0 Å². The molecule has 0 aliphatic carbocycles. The van der Waals surface area contributed by atoms with Crippen LogP contribution in [0.4, 0.5) is 0 Å². The molecule has 0 amide bonds. The van der Waals surface area contributed by atoms with Crippen LogP contribution in [0.15, 0.2) is 6.20 Å². The van der Waals surface area contributed by atoms with Crippen molar-refractivity contribution in [3.05, 3.63) is 11.9 Å². The number of morpholine rings is 1. The first kappa shape index (κ1) is 14.9. The third-order valence-corrected chi connectivity index (χ3v) is 4.32. The fourth-order valence-electron chi connectivity index (χ4n) is 3.32. The van der Waals surface area contributed by atoms with Gasteiger partial charge in [0.05, 0.1) is 17.9 Å². The van der Waals surface area contributed by atoms with Crippen molar-refractivity contribution >= 4 is 0 Å². The van der Waals surface area contributed by atoms with Gasteiger partial charge in [0.1, 0.15) is 0 Å². The average Bonchev–Trinajstić information content (AvgIpc) is 2.86. The molecule has 2 saturated heterocycles. The van der Waals surface area contributed by atoms with Gasteiger partial charge in [-0.25, -0.2) is 0 Å². The van der Waals surface area contributed by atoms with Crippen LogP contribution < -0.4 is 5.32 Å². The number of nitrogens with one attached hydrogen (secondary N) is 1. The van der Waals surface area contributed by atoms with Crippen molar-refractivity contribution in [3.8, 4) is 0 Å². The molecule has 6 heteroatoms. The first-order valence-corrected chi connectivity index (χ1v) is 8.07. The first-order chi connectivity index (χ1) is 10.1. The van der Waals surface area contributed by atoms with E-state index in [1.165, 1.54) is 12.8 Å². The van der Waals surface area contributed by atoms with Crippen molar-refractivity contribution in [1.29, 1.82) is 0 Å². The van der Waals surface area contributed by atoms with Gasteiger partial charge >= 0.3 is 0 Å². The maximum atomic E-state index is 5.75. The van der Waals surface area contributed by atoms with Gasteiger partial charge < -0.3 is 10.1 Å². The Morgan fingerprint density at radius 1 is 1.48 bits per heavy atom. The van der Waals surface area contributed by atoms with Crippen molar-refractivity contribution in [2.45, 2.75) is 45.4 Å². The van der Waals surface area contributed by atoms with Gasteiger partial charge in [0, 0.05) is 32.4 Å². The highest BCUT2D eigenvalue weighted by Gasteiger charge is 2.27. The maximum absolute atomic E-state index is 5.75. The third-order valence-electron chi connectivity index (χ3n) is 4.32. The molecular formula is C15H27N5O. The minimum absolute atomic E-state index is 0.0536. The van der Waals surface area contributed by atoms with Gasteiger partial charge in [-0.3, -0.25) is 9.58 Å². The number of hydrogen-bond donors (Lipinski definition) is 1. The molecule has 1 aromatic heterocycles. The molecule has 0 bridgehead atoms. The molecule has 0 radical (unpaired) electrons. The molecule has 0 aromatic carbocycles. The average molecular weight is 293 g/mol. The smallest absolute Gasteiger partial charge is 0.0967 e. The standard InChI is InChI=1S/C15H27N5O/c1-15(2)12-19(6-7-21-15)10-14-11-20(18-17-14)9-13-4-3-5-16-8-13/h11,13,16H,3-10,12H2,1-2H3/t13-/m1/s1. The summed E-state index contributed by atoms with van der Waals surface area (Å²) in [4.78, 5) is 2.40. The molecule has 118 valence electrons. The van der Waals surface area contributed by atoms with E-state index >= 15 is 0 Å². The van der Waals surface area contributed by atoms with E-state index in [-0.39, 0.29) is 5.60 Å². The Kier molecular flexibility index (Phi) is 4.57. The zero-order valence-corrected chi connectivity index (χ0v) is 13.2. The topological polar surface area (TPSA) is 55.2 Å². The van der Waals surface area contributed by atoms with Crippen LogP contribution in [0.5, 0.6) is 0 Å². The fraction of sp³-hybridized carbons (Fsp3) is 0.867. The summed E-state index contributed by atoms with van der Waals surface area (Å²) in [5.74, 6) is 0.690. The van der Waals surface area contributed by atoms with E-state index in [4.69, 9.17) is 4.74 Å². The molecule has 3 rings (SSSR count). The van der Waals surface area contributed by atoms with Gasteiger partial charge in [0.15, 0.2) is 0 Å². The fourth-order valence-corrected chi connectivity index (χ4v) is 3.32. The van der Waals surface area contributed by atoms with Gasteiger partial charge in [0.2, 0.25) is 0 Å². The Bertz CT molecular complexity index is 453. The number of piperidine rings is 1. The monoisotopic (exact) mass is 293 g/mol. The highest BCUT2D eigenvalue weighted by molar-refractivity contribution is 4.94. The van der Waals surface area contributed by atoms with Crippen LogP contribution in [0.1, 0.15) is 32.4 Å². The van der Waals surface area contributed by atoms with Gasteiger partial charge in [-0.05, 0) is 45.7 Å². The zero-order chi connectivity index (χ0) is 14.7. The quantitative estimate of drug-likeness (QED) is 0.893. The van der Waals surface area contributed by atoms with Crippen molar-refractivity contribution in [2.75, 3.05) is 32.8 Å². The second-order valence-corrected chi connectivity index (χ2v) is 6.96. The minimum Gasteiger partial charge on any atom is -0.373 e. The second kappa shape index (κ2) is 6.42. The summed E-state index contributed by atoms with van der Waals surface area (Å²) in [7, 11) is 0. The van der Waals surface area contributed by atoms with Crippen LogP contribution in [0.3, 0.4) is 0 Å². The summed E-state index contributed by atoms with van der Waals surface area (Å²) < 4.78 is 7.76.